The van der Waals surface area contributed by atoms with Crippen LogP contribution in [-0.4, -0.2) is 46.6 Å². The number of ketones is 1. The first-order chi connectivity index (χ1) is 10.3. The topological polar surface area (TPSA) is 148 Å². The maximum atomic E-state index is 12.0. The minimum atomic E-state index is -3.23. The molecule has 10 heteroatoms. The van der Waals surface area contributed by atoms with Crippen molar-refractivity contribution >= 4 is 25.8 Å². The van der Waals surface area contributed by atoms with Gasteiger partial charge in [0.15, 0.2) is 5.78 Å². The van der Waals surface area contributed by atoms with Gasteiger partial charge < -0.3 is 26.0 Å². The lowest BCUT2D eigenvalue weighted by Gasteiger charge is -2.23. The van der Waals surface area contributed by atoms with Crippen LogP contribution in [0.5, 0.6) is 0 Å². The molecular weight excluding hydrogens is 325 g/mol. The number of alkyl carbamates (subject to hydrolysis) is 1. The van der Waals surface area contributed by atoms with Gasteiger partial charge in [-0.25, -0.2) is 4.79 Å². The summed E-state index contributed by atoms with van der Waals surface area (Å²) in [5.74, 6) is -3.23. The van der Waals surface area contributed by atoms with Crippen molar-refractivity contribution in [2.24, 2.45) is 11.7 Å². The molecule has 0 fully saturated rings. The van der Waals surface area contributed by atoms with Gasteiger partial charge in [0, 0.05) is 0 Å². The van der Waals surface area contributed by atoms with Crippen LogP contribution in [0, 0.1) is 5.92 Å². The van der Waals surface area contributed by atoms with Crippen LogP contribution in [0.1, 0.15) is 34.6 Å². The molecule has 0 aliphatic carbocycles. The van der Waals surface area contributed by atoms with Crippen molar-refractivity contribution in [2.45, 2.75) is 52.0 Å². The molecule has 0 aromatic carbocycles. The molecule has 3 atom stereocenters. The Balaban J connectivity index is 4.61. The number of amides is 2. The van der Waals surface area contributed by atoms with Crippen molar-refractivity contribution in [1.29, 1.82) is 0 Å². The maximum absolute atomic E-state index is 12.0. The summed E-state index contributed by atoms with van der Waals surface area (Å²) in [6.07, 6.45) is -0.766. The lowest BCUT2D eigenvalue weighted by molar-refractivity contribution is -0.128. The van der Waals surface area contributed by atoms with Crippen LogP contribution in [0.25, 0.3) is 0 Å². The van der Waals surface area contributed by atoms with Crippen LogP contribution in [-0.2, 0) is 18.9 Å². The highest BCUT2D eigenvalue weighted by Gasteiger charge is 2.31. The van der Waals surface area contributed by atoms with Gasteiger partial charge >= 0.3 is 6.09 Å². The molecule has 0 spiro atoms. The van der Waals surface area contributed by atoms with E-state index in [-0.39, 0.29) is 5.92 Å². The van der Waals surface area contributed by atoms with E-state index in [2.05, 4.69) is 10.6 Å². The third kappa shape index (κ3) is 8.68. The van der Waals surface area contributed by atoms with E-state index >= 15 is 0 Å². The van der Waals surface area contributed by atoms with E-state index in [1.807, 2.05) is 0 Å². The van der Waals surface area contributed by atoms with Crippen LogP contribution in [0.3, 0.4) is 0 Å². The van der Waals surface area contributed by atoms with Gasteiger partial charge in [-0.1, -0.05) is 13.8 Å². The Morgan fingerprint density at radius 1 is 1.26 bits per heavy atom. The molecule has 0 aromatic rings. The van der Waals surface area contributed by atoms with Crippen molar-refractivity contribution < 1.29 is 28.6 Å². The fraction of sp³-hybridized carbons (Fsp3) is 0.769. The van der Waals surface area contributed by atoms with E-state index in [0.29, 0.717) is 0 Å². The number of hydrogen-bond donors (Lipinski definition) is 4. The fourth-order valence-electron chi connectivity index (χ4n) is 1.57. The Morgan fingerprint density at radius 2 is 1.78 bits per heavy atom. The molecule has 0 bridgehead atoms. The summed E-state index contributed by atoms with van der Waals surface area (Å²) in [4.78, 5) is 44.2. The van der Waals surface area contributed by atoms with Crippen LogP contribution in [0.15, 0.2) is 0 Å². The molecule has 5 N–H and O–H groups in total. The Morgan fingerprint density at radius 3 is 2.17 bits per heavy atom. The van der Waals surface area contributed by atoms with Gasteiger partial charge in [-0.05, 0) is 26.7 Å². The average Bonchev–Trinajstić information content (AvgIpc) is 2.38. The number of hydrogen-bond acceptors (Lipinski definition) is 6. The van der Waals surface area contributed by atoms with Crippen molar-refractivity contribution in [2.75, 3.05) is 6.54 Å². The summed E-state index contributed by atoms with van der Waals surface area (Å²) in [5.41, 5.74) is 4.66. The second kappa shape index (κ2) is 9.00. The van der Waals surface area contributed by atoms with Crippen LogP contribution in [0.4, 0.5) is 4.79 Å². The van der Waals surface area contributed by atoms with E-state index in [1.165, 1.54) is 0 Å². The molecule has 0 saturated carbocycles. The monoisotopic (exact) mass is 351 g/mol. The summed E-state index contributed by atoms with van der Waals surface area (Å²) in [6, 6.07) is -1.01. The molecular formula is C13H26N3O6P. The molecule has 0 rings (SSSR count). The van der Waals surface area contributed by atoms with Crippen molar-refractivity contribution in [1.82, 2.24) is 10.6 Å². The molecule has 0 radical (unpaired) electrons. The van der Waals surface area contributed by atoms with Gasteiger partial charge in [-0.15, -0.1) is 0 Å². The minimum absolute atomic E-state index is 0.333. The molecule has 0 saturated heterocycles. The first kappa shape index (κ1) is 21.6. The van der Waals surface area contributed by atoms with Crippen molar-refractivity contribution in [3.63, 3.8) is 0 Å². The third-order valence-electron chi connectivity index (χ3n) is 2.65. The first-order valence-corrected chi connectivity index (χ1v) is 8.56. The molecule has 9 nitrogen and oxygen atoms in total. The van der Waals surface area contributed by atoms with Crippen LogP contribution < -0.4 is 16.4 Å². The van der Waals surface area contributed by atoms with Gasteiger partial charge in [0.05, 0.1) is 6.04 Å². The fourth-order valence-corrected chi connectivity index (χ4v) is 2.00. The van der Waals surface area contributed by atoms with E-state index in [4.69, 9.17) is 15.4 Å². The highest BCUT2D eigenvalue weighted by molar-refractivity contribution is 7.40. The SMILES string of the molecule is CC(C)[C@H](NC(=O)CNC(=O)OC(C)(C)C)C(=O)C(N)[PH](=O)O. The lowest BCUT2D eigenvalue weighted by Crippen LogP contribution is -2.52. The zero-order valence-corrected chi connectivity index (χ0v) is 15.0. The molecule has 2 amide bonds. The summed E-state index contributed by atoms with van der Waals surface area (Å²) >= 11 is 0. The highest BCUT2D eigenvalue weighted by Crippen LogP contribution is 2.21. The van der Waals surface area contributed by atoms with E-state index in [1.54, 1.807) is 34.6 Å². The molecule has 0 aliphatic heterocycles. The number of rotatable bonds is 7. The van der Waals surface area contributed by atoms with Gasteiger partial charge in [-0.3, -0.25) is 14.2 Å². The molecule has 0 aliphatic rings. The van der Waals surface area contributed by atoms with Gasteiger partial charge in [0.2, 0.25) is 13.9 Å². The molecule has 2 unspecified atom stereocenters. The van der Waals surface area contributed by atoms with Gasteiger partial charge in [0.25, 0.3) is 0 Å². The minimum Gasteiger partial charge on any atom is -0.444 e. The number of nitrogens with two attached hydrogens (primary N) is 1. The largest absolute Gasteiger partial charge is 0.444 e. The quantitative estimate of drug-likeness (QED) is 0.471. The summed E-state index contributed by atoms with van der Waals surface area (Å²) in [5, 5.41) is 4.65. The summed E-state index contributed by atoms with van der Waals surface area (Å²) < 4.78 is 15.9. The molecule has 0 aromatic heterocycles. The van der Waals surface area contributed by atoms with E-state index < -0.39 is 49.8 Å². The molecule has 23 heavy (non-hydrogen) atoms. The Hall–Kier alpha value is -1.44. The second-order valence-electron chi connectivity index (χ2n) is 6.36. The zero-order valence-electron chi connectivity index (χ0n) is 14.0. The van der Waals surface area contributed by atoms with E-state index in [0.717, 1.165) is 0 Å². The Labute approximate surface area is 136 Å². The standard InChI is InChI=1S/C13H26N3O6P/c1-7(2)9(10(18)11(14)23(20)21)16-8(17)6-15-12(19)22-13(3,4)5/h7,9,11,23H,6,14H2,1-5H3,(H,15,19)(H,16,17)(H,20,21)/t9-,11?/m0/s1. The number of Topliss-reactive ketones (excluding diaryl/α,β-unsaturated/α-hetero) is 1. The van der Waals surface area contributed by atoms with Gasteiger partial charge in [0.1, 0.15) is 17.9 Å². The second-order valence-corrected chi connectivity index (χ2v) is 7.66. The maximum Gasteiger partial charge on any atom is 0.408 e. The van der Waals surface area contributed by atoms with Crippen molar-refractivity contribution in [3.8, 4) is 0 Å². The predicted octanol–water partition coefficient (Wildman–Crippen LogP) is -0.0272. The number of nitrogens with one attached hydrogen (secondary N) is 2. The number of carbonyl (C=O) groups excluding carboxylic acids is 3. The number of carbonyl (C=O) groups is 3. The highest BCUT2D eigenvalue weighted by atomic mass is 31.1. The average molecular weight is 351 g/mol. The normalized spacial score (nSPS) is 15.5. The van der Waals surface area contributed by atoms with Crippen LogP contribution >= 0.6 is 8.03 Å². The smallest absolute Gasteiger partial charge is 0.408 e. The third-order valence-corrected chi connectivity index (χ3v) is 3.47. The Kier molecular flexibility index (Phi) is 8.44. The van der Waals surface area contributed by atoms with Gasteiger partial charge in [-0.2, -0.15) is 0 Å². The Bertz CT molecular complexity index is 475. The zero-order chi connectivity index (χ0) is 18.4. The lowest BCUT2D eigenvalue weighted by atomic mass is 9.99. The molecule has 0 heterocycles. The summed E-state index contributed by atoms with van der Waals surface area (Å²) in [6.45, 7) is 7.96. The summed E-state index contributed by atoms with van der Waals surface area (Å²) in [7, 11) is -3.23. The molecule has 134 valence electrons. The van der Waals surface area contributed by atoms with Crippen molar-refractivity contribution in [3.05, 3.63) is 0 Å². The predicted molar refractivity (Wildman–Crippen MR) is 85.2 cm³/mol. The van der Waals surface area contributed by atoms with E-state index in [9.17, 15) is 18.9 Å². The first-order valence-electron chi connectivity index (χ1n) is 7.13. The van der Waals surface area contributed by atoms with Crippen LogP contribution in [0.2, 0.25) is 0 Å². The number of ether oxygens (including phenoxy) is 1.